The van der Waals surface area contributed by atoms with Crippen LogP contribution in [0.2, 0.25) is 0 Å². The highest BCUT2D eigenvalue weighted by molar-refractivity contribution is 6.01. The minimum Gasteiger partial charge on any atom is -0.469 e. The van der Waals surface area contributed by atoms with Crippen molar-refractivity contribution in [3.8, 4) is 34.9 Å². The number of nitrogens with two attached hydrogens (primary N) is 1. The Labute approximate surface area is 442 Å². The quantitative estimate of drug-likeness (QED) is 0.0460. The van der Waals surface area contributed by atoms with E-state index in [0.717, 1.165) is 105 Å². The van der Waals surface area contributed by atoms with Gasteiger partial charge in [-0.2, -0.15) is 20.7 Å². The minimum absolute atomic E-state index is 0.154. The van der Waals surface area contributed by atoms with Gasteiger partial charge in [0.15, 0.2) is 0 Å². The summed E-state index contributed by atoms with van der Waals surface area (Å²) < 4.78 is 8.28. The number of hydrogen-bond acceptors (Lipinski definition) is 15. The summed E-state index contributed by atoms with van der Waals surface area (Å²) in [7, 11) is 1.38. The number of rotatable bonds is 16. The molecule has 0 aliphatic heterocycles. The zero-order valence-corrected chi connectivity index (χ0v) is 44.1. The number of carbonyl (C=O) groups is 3. The third-order valence-corrected chi connectivity index (χ3v) is 16.3. The maximum absolute atomic E-state index is 13.4. The molecular weight excluding hydrogens is 963 g/mol. The van der Waals surface area contributed by atoms with Crippen molar-refractivity contribution in [1.29, 1.82) is 10.5 Å². The number of anilines is 2. The highest BCUT2D eigenvalue weighted by atomic mass is 16.5. The normalized spacial score (nSPS) is 22.7. The molecule has 0 atom stereocenters. The summed E-state index contributed by atoms with van der Waals surface area (Å²) in [6, 6.07) is 19.2. The monoisotopic (exact) mass is 1030 g/mol. The lowest BCUT2D eigenvalue weighted by atomic mass is 9.63. The second-order valence-electron chi connectivity index (χ2n) is 23.2. The number of nitriles is 2. The molecule has 0 spiro atoms. The zero-order chi connectivity index (χ0) is 54.1. The van der Waals surface area contributed by atoms with Crippen molar-refractivity contribution in [2.75, 3.05) is 30.8 Å². The van der Waals surface area contributed by atoms with E-state index in [9.17, 15) is 35.1 Å². The van der Waals surface area contributed by atoms with Gasteiger partial charge >= 0.3 is 5.97 Å². The molecule has 6 heterocycles. The molecule has 6 fully saturated rings. The molecule has 6 aliphatic carbocycles. The van der Waals surface area contributed by atoms with Crippen LogP contribution in [0, 0.1) is 28.1 Å². The number of pyridine rings is 2. The Balaban J connectivity index is 0.000000187. The van der Waals surface area contributed by atoms with Gasteiger partial charge in [-0.15, -0.1) is 0 Å². The summed E-state index contributed by atoms with van der Waals surface area (Å²) >= 11 is 0. The molecular formula is C57H69N13O6. The Morgan fingerprint density at radius 2 is 1.05 bits per heavy atom. The van der Waals surface area contributed by atoms with Crippen molar-refractivity contribution in [2.45, 2.75) is 152 Å². The molecule has 0 radical (unpaired) electrons. The Morgan fingerprint density at radius 1 is 0.645 bits per heavy atom. The van der Waals surface area contributed by atoms with Crippen molar-refractivity contribution in [3.05, 3.63) is 95.6 Å². The minimum atomic E-state index is -0.567. The van der Waals surface area contributed by atoms with E-state index in [2.05, 4.69) is 53.6 Å². The number of carbonyl (C=O) groups excluding carboxylic acids is 3. The van der Waals surface area contributed by atoms with Crippen LogP contribution < -0.4 is 27.0 Å². The predicted molar refractivity (Wildman–Crippen MR) is 287 cm³/mol. The third-order valence-electron chi connectivity index (χ3n) is 16.3. The molecule has 19 nitrogen and oxygen atoms in total. The van der Waals surface area contributed by atoms with Crippen LogP contribution >= 0.6 is 0 Å². The molecule has 6 aromatic heterocycles. The van der Waals surface area contributed by atoms with Gasteiger partial charge in [-0.05, 0) is 158 Å². The van der Waals surface area contributed by atoms with Crippen molar-refractivity contribution in [2.24, 2.45) is 11.1 Å². The van der Waals surface area contributed by atoms with E-state index in [4.69, 9.17) is 10.5 Å². The van der Waals surface area contributed by atoms with Gasteiger partial charge in [0.05, 0.1) is 105 Å². The first-order valence-corrected chi connectivity index (χ1v) is 26.3. The number of ether oxygens (including phenoxy) is 1. The molecule has 0 aromatic carbocycles. The molecule has 76 heavy (non-hydrogen) atoms. The van der Waals surface area contributed by atoms with E-state index in [0.29, 0.717) is 65.3 Å². The second-order valence-corrected chi connectivity index (χ2v) is 23.2. The first kappa shape index (κ1) is 53.4. The molecule has 398 valence electrons. The van der Waals surface area contributed by atoms with Crippen LogP contribution in [-0.2, 0) is 9.53 Å². The number of aromatic nitrogens is 6. The summed E-state index contributed by atoms with van der Waals surface area (Å²) in [6.07, 6.45) is 17.4. The van der Waals surface area contributed by atoms with Crippen LogP contribution in [0.4, 0.5) is 11.4 Å². The SMILES string of the molecule is CC(C)(N)CCNC(=O)c1cnc(-c2ccc3cc(C#N)cnn23)cc1NC12CCC(O)(CC1)CC2.COC(=O)CC(C)(C)CCNC(=O)c1cnc(-c2ccc3cc(C#N)cnn23)cc1NC12CCC(O)(CC1)CC2. The summed E-state index contributed by atoms with van der Waals surface area (Å²) in [6.45, 7) is 8.69. The van der Waals surface area contributed by atoms with Crippen LogP contribution in [0.15, 0.2) is 73.3 Å². The Bertz CT molecular complexity index is 3220. The summed E-state index contributed by atoms with van der Waals surface area (Å²) in [5.41, 5.74) is 11.6. The van der Waals surface area contributed by atoms with Crippen molar-refractivity contribution in [1.82, 2.24) is 39.8 Å². The second kappa shape index (κ2) is 20.9. The number of fused-ring (bicyclic) bond motifs is 8. The molecule has 0 unspecified atom stereocenters. The van der Waals surface area contributed by atoms with Gasteiger partial charge in [-0.3, -0.25) is 24.4 Å². The lowest BCUT2D eigenvalue weighted by Gasteiger charge is -2.51. The molecule has 6 aliphatic rings. The van der Waals surface area contributed by atoms with Gasteiger partial charge in [0.1, 0.15) is 12.1 Å². The molecule has 6 aromatic rings. The van der Waals surface area contributed by atoms with Crippen molar-refractivity contribution < 1.29 is 29.3 Å². The number of hydrogen-bond donors (Lipinski definition) is 7. The van der Waals surface area contributed by atoms with E-state index >= 15 is 0 Å². The summed E-state index contributed by atoms with van der Waals surface area (Å²) in [4.78, 5) is 47.6. The Kier molecular flexibility index (Phi) is 14.7. The van der Waals surface area contributed by atoms with E-state index in [1.165, 1.54) is 19.5 Å². The molecule has 2 amide bonds. The molecule has 6 saturated carbocycles. The smallest absolute Gasteiger partial charge is 0.306 e. The number of amides is 2. The molecule has 19 heteroatoms. The number of aliphatic hydroxyl groups is 2. The highest BCUT2D eigenvalue weighted by Gasteiger charge is 2.49. The van der Waals surface area contributed by atoms with Crippen molar-refractivity contribution >= 4 is 40.2 Å². The van der Waals surface area contributed by atoms with Crippen LogP contribution in [-0.4, -0.2) is 105 Å². The first-order valence-electron chi connectivity index (χ1n) is 26.3. The maximum atomic E-state index is 13.4. The van der Waals surface area contributed by atoms with E-state index in [-0.39, 0.29) is 46.2 Å². The van der Waals surface area contributed by atoms with Gasteiger partial charge in [-0.1, -0.05) is 13.8 Å². The maximum Gasteiger partial charge on any atom is 0.306 e. The standard InChI is InChI=1S/C30H36N6O4.C27H33N7O2/c1-28(2,16-26(37)40-3)12-13-32-27(38)22-19-33-24(25-5-4-21-14-20(17-31)18-34-36(21)25)15-23(22)35-29-6-9-30(39,10-7-29)11-8-29;1-25(2,29)11-12-30-24(35)20-17-31-22(23-4-3-19-13-18(15-28)16-32-34(19)23)14-21(20)33-26-5-8-27(36,9-6-26)10-7-26/h4-5,14-15,18-19,39H,6-13,16H2,1-3H3,(H,32,38)(H,33,35);3-4,13-14,16-17,36H,5-12,29H2,1-2H3,(H,30,35)(H,31,33). The fraction of sp³-hybridized carbons (Fsp3) is 0.491. The summed E-state index contributed by atoms with van der Waals surface area (Å²) in [5, 5.41) is 62.1. The average molecular weight is 1030 g/mol. The van der Waals surface area contributed by atoms with Gasteiger partial charge in [0.2, 0.25) is 0 Å². The Morgan fingerprint density at radius 3 is 1.43 bits per heavy atom. The van der Waals surface area contributed by atoms with E-state index in [1.807, 2.05) is 64.1 Å². The average Bonchev–Trinajstić information content (AvgIpc) is 4.03. The lowest BCUT2D eigenvalue weighted by molar-refractivity contribution is -0.143. The molecule has 12 rings (SSSR count). The Hall–Kier alpha value is -7.45. The first-order chi connectivity index (χ1) is 36.1. The zero-order valence-electron chi connectivity index (χ0n) is 44.1. The van der Waals surface area contributed by atoms with Crippen LogP contribution in [0.5, 0.6) is 0 Å². The fourth-order valence-corrected chi connectivity index (χ4v) is 11.3. The molecule has 0 saturated heterocycles. The summed E-state index contributed by atoms with van der Waals surface area (Å²) in [5.74, 6) is -0.714. The van der Waals surface area contributed by atoms with Crippen molar-refractivity contribution in [3.63, 3.8) is 0 Å². The topological polar surface area (TPSA) is 283 Å². The molecule has 8 N–H and O–H groups in total. The number of nitrogens with one attached hydrogen (secondary N) is 4. The van der Waals surface area contributed by atoms with Gasteiger partial charge in [0, 0.05) is 42.1 Å². The fourth-order valence-electron chi connectivity index (χ4n) is 11.3. The van der Waals surface area contributed by atoms with Gasteiger partial charge in [-0.25, -0.2) is 9.03 Å². The van der Waals surface area contributed by atoms with Crippen LogP contribution in [0.1, 0.15) is 156 Å². The van der Waals surface area contributed by atoms with E-state index in [1.54, 1.807) is 33.6 Å². The van der Waals surface area contributed by atoms with Crippen LogP contribution in [0.3, 0.4) is 0 Å². The van der Waals surface area contributed by atoms with Gasteiger partial charge in [0.25, 0.3) is 11.8 Å². The molecule has 4 bridgehead atoms. The number of esters is 1. The van der Waals surface area contributed by atoms with Gasteiger partial charge < -0.3 is 42.0 Å². The largest absolute Gasteiger partial charge is 0.469 e. The number of nitrogens with zero attached hydrogens (tertiary/aromatic N) is 8. The number of methoxy groups -OCH3 is 1. The van der Waals surface area contributed by atoms with E-state index < -0.39 is 11.2 Å². The highest BCUT2D eigenvalue weighted by Crippen LogP contribution is 2.50. The third kappa shape index (κ3) is 11.8. The van der Waals surface area contributed by atoms with Crippen LogP contribution in [0.25, 0.3) is 33.8 Å². The lowest BCUT2D eigenvalue weighted by Crippen LogP contribution is -2.54. The predicted octanol–water partition coefficient (Wildman–Crippen LogP) is 7.60.